The van der Waals surface area contributed by atoms with Crippen molar-refractivity contribution < 1.29 is 14.3 Å². The number of hydrogen-bond donors (Lipinski definition) is 1. The van der Waals surface area contributed by atoms with Crippen molar-refractivity contribution in [1.29, 1.82) is 0 Å². The molecule has 0 aromatic heterocycles. The number of nitrogens with one attached hydrogen (secondary N) is 1. The van der Waals surface area contributed by atoms with Gasteiger partial charge in [0.1, 0.15) is 6.04 Å². The molecule has 2 heterocycles. The van der Waals surface area contributed by atoms with Crippen LogP contribution in [0.5, 0.6) is 0 Å². The largest absolute Gasteiger partial charge is 0.381 e. The molecule has 0 radical (unpaired) electrons. The first kappa shape index (κ1) is 24.8. The van der Waals surface area contributed by atoms with Crippen LogP contribution in [0.2, 0.25) is 0 Å². The molecule has 192 valence electrons. The molecule has 1 aliphatic carbocycles. The van der Waals surface area contributed by atoms with Crippen LogP contribution in [0, 0.1) is 12.8 Å². The van der Waals surface area contributed by atoms with Crippen LogP contribution in [0.3, 0.4) is 0 Å². The average Bonchev–Trinajstić information content (AvgIpc) is 2.93. The third kappa shape index (κ3) is 5.15. The van der Waals surface area contributed by atoms with Crippen molar-refractivity contribution in [1.82, 2.24) is 4.90 Å². The molecule has 2 fully saturated rings. The Balaban J connectivity index is 1.46. The lowest BCUT2D eigenvalue weighted by molar-refractivity contribution is -0.143. The van der Waals surface area contributed by atoms with Gasteiger partial charge in [-0.1, -0.05) is 49.1 Å². The molecule has 3 aliphatic rings. The zero-order valence-electron chi connectivity index (χ0n) is 21.7. The lowest BCUT2D eigenvalue weighted by atomic mass is 9.85. The number of anilines is 2. The molecular formula is C30H39N3O3. The maximum absolute atomic E-state index is 13.8. The lowest BCUT2D eigenvalue weighted by Crippen LogP contribution is -2.48. The second-order valence-electron chi connectivity index (χ2n) is 10.6. The Bertz CT molecular complexity index is 1070. The highest BCUT2D eigenvalue weighted by molar-refractivity contribution is 5.99. The van der Waals surface area contributed by atoms with Gasteiger partial charge in [0.2, 0.25) is 5.91 Å². The van der Waals surface area contributed by atoms with Gasteiger partial charge in [0.25, 0.3) is 5.91 Å². The van der Waals surface area contributed by atoms with Gasteiger partial charge in [-0.25, -0.2) is 0 Å². The van der Waals surface area contributed by atoms with E-state index in [1.807, 2.05) is 36.1 Å². The predicted octanol–water partition coefficient (Wildman–Crippen LogP) is 5.26. The van der Waals surface area contributed by atoms with Gasteiger partial charge in [-0.2, -0.15) is 0 Å². The quantitative estimate of drug-likeness (QED) is 0.623. The Labute approximate surface area is 215 Å². The van der Waals surface area contributed by atoms with E-state index in [9.17, 15) is 9.59 Å². The molecule has 6 heteroatoms. The first-order chi connectivity index (χ1) is 17.5. The molecule has 6 nitrogen and oxygen atoms in total. The molecule has 2 amide bonds. The highest BCUT2D eigenvalue weighted by Crippen LogP contribution is 2.39. The van der Waals surface area contributed by atoms with Crippen molar-refractivity contribution in [2.75, 3.05) is 37.0 Å². The van der Waals surface area contributed by atoms with Crippen molar-refractivity contribution in [2.45, 2.75) is 70.4 Å². The Hall–Kier alpha value is -2.86. The van der Waals surface area contributed by atoms with Crippen molar-refractivity contribution >= 4 is 23.2 Å². The molecule has 0 bridgehead atoms. The SMILES string of the molecule is COC1CCN(c2cccc3c2CCN(C(=O)C2CCCCC2)C3C(=O)Nc2ccc(C)cc2)CC1. The second kappa shape index (κ2) is 11.0. The van der Waals surface area contributed by atoms with Gasteiger partial charge >= 0.3 is 0 Å². The molecule has 1 saturated heterocycles. The molecule has 1 atom stereocenters. The maximum Gasteiger partial charge on any atom is 0.251 e. The molecule has 1 unspecified atom stereocenters. The molecule has 36 heavy (non-hydrogen) atoms. The Morgan fingerprint density at radius 2 is 1.64 bits per heavy atom. The number of carbonyl (C=O) groups is 2. The van der Waals surface area contributed by atoms with Gasteiger partial charge in [0.15, 0.2) is 0 Å². The highest BCUT2D eigenvalue weighted by atomic mass is 16.5. The molecule has 1 N–H and O–H groups in total. The van der Waals surface area contributed by atoms with Crippen molar-refractivity contribution in [3.8, 4) is 0 Å². The number of hydrogen-bond acceptors (Lipinski definition) is 4. The summed E-state index contributed by atoms with van der Waals surface area (Å²) in [5, 5.41) is 3.12. The number of ether oxygens (including phenoxy) is 1. The summed E-state index contributed by atoms with van der Waals surface area (Å²) in [7, 11) is 1.79. The summed E-state index contributed by atoms with van der Waals surface area (Å²) in [4.78, 5) is 31.9. The van der Waals surface area contributed by atoms with Gasteiger partial charge in [-0.15, -0.1) is 0 Å². The van der Waals surface area contributed by atoms with E-state index in [0.717, 1.165) is 74.8 Å². The summed E-state index contributed by atoms with van der Waals surface area (Å²) < 4.78 is 5.57. The maximum atomic E-state index is 13.8. The fourth-order valence-electron chi connectivity index (χ4n) is 6.23. The van der Waals surface area contributed by atoms with Gasteiger partial charge < -0.3 is 19.9 Å². The highest BCUT2D eigenvalue weighted by Gasteiger charge is 2.40. The fourth-order valence-corrected chi connectivity index (χ4v) is 6.23. The van der Waals surface area contributed by atoms with Gasteiger partial charge in [0.05, 0.1) is 6.10 Å². The van der Waals surface area contributed by atoms with E-state index in [1.54, 1.807) is 7.11 Å². The predicted molar refractivity (Wildman–Crippen MR) is 143 cm³/mol. The molecule has 5 rings (SSSR count). The zero-order valence-corrected chi connectivity index (χ0v) is 21.7. The van der Waals surface area contributed by atoms with Crippen molar-refractivity contribution in [2.24, 2.45) is 5.92 Å². The number of rotatable bonds is 5. The number of methoxy groups -OCH3 is 1. The van der Waals surface area contributed by atoms with Crippen LogP contribution < -0.4 is 10.2 Å². The third-order valence-electron chi connectivity index (χ3n) is 8.32. The third-order valence-corrected chi connectivity index (χ3v) is 8.32. The Morgan fingerprint density at radius 3 is 2.33 bits per heavy atom. The standard InChI is InChI=1S/C30H39N3O3/c1-21-11-13-23(14-12-21)31-29(34)28-26-9-6-10-27(32-18-15-24(36-2)16-19-32)25(26)17-20-33(28)30(35)22-7-4-3-5-8-22/h6,9-14,22,24,28H,3-5,7-8,15-20H2,1-2H3,(H,31,34). The van der Waals surface area contributed by atoms with Crippen LogP contribution in [-0.4, -0.2) is 49.6 Å². The lowest BCUT2D eigenvalue weighted by Gasteiger charge is -2.41. The smallest absolute Gasteiger partial charge is 0.251 e. The van der Waals surface area contributed by atoms with Crippen LogP contribution in [0.15, 0.2) is 42.5 Å². The topological polar surface area (TPSA) is 61.9 Å². The molecule has 0 spiro atoms. The number of amides is 2. The normalized spacial score (nSPS) is 21.2. The van der Waals surface area contributed by atoms with Crippen LogP contribution in [0.4, 0.5) is 11.4 Å². The van der Waals surface area contributed by atoms with Crippen LogP contribution in [0.1, 0.15) is 67.7 Å². The summed E-state index contributed by atoms with van der Waals surface area (Å²) in [5.74, 6) is 0.0566. The van der Waals surface area contributed by atoms with Gasteiger partial charge in [0, 0.05) is 44.0 Å². The first-order valence-electron chi connectivity index (χ1n) is 13.6. The number of fused-ring (bicyclic) bond motifs is 1. The monoisotopic (exact) mass is 489 g/mol. The van der Waals surface area contributed by atoms with E-state index in [4.69, 9.17) is 4.74 Å². The van der Waals surface area contributed by atoms with E-state index in [0.29, 0.717) is 12.6 Å². The summed E-state index contributed by atoms with van der Waals surface area (Å²) in [5.41, 5.74) is 5.30. The van der Waals surface area contributed by atoms with Crippen molar-refractivity contribution in [3.63, 3.8) is 0 Å². The molecular weight excluding hydrogens is 450 g/mol. The zero-order chi connectivity index (χ0) is 25.1. The van der Waals surface area contributed by atoms with Crippen LogP contribution in [0.25, 0.3) is 0 Å². The number of carbonyl (C=O) groups excluding carboxylic acids is 2. The minimum Gasteiger partial charge on any atom is -0.381 e. The number of piperidine rings is 1. The Morgan fingerprint density at radius 1 is 0.917 bits per heavy atom. The summed E-state index contributed by atoms with van der Waals surface area (Å²) in [6.07, 6.45) is 8.37. The number of nitrogens with zero attached hydrogens (tertiary/aromatic N) is 2. The molecule has 2 aromatic rings. The molecule has 2 aromatic carbocycles. The van der Waals surface area contributed by atoms with E-state index >= 15 is 0 Å². The van der Waals surface area contributed by atoms with E-state index in [-0.39, 0.29) is 17.7 Å². The van der Waals surface area contributed by atoms with Crippen LogP contribution >= 0.6 is 0 Å². The molecule has 1 saturated carbocycles. The summed E-state index contributed by atoms with van der Waals surface area (Å²) in [6.45, 7) is 4.50. The summed E-state index contributed by atoms with van der Waals surface area (Å²) in [6, 6.07) is 13.5. The first-order valence-corrected chi connectivity index (χ1v) is 13.6. The van der Waals surface area contributed by atoms with E-state index < -0.39 is 6.04 Å². The number of benzene rings is 2. The van der Waals surface area contributed by atoms with Gasteiger partial charge in [-0.05, 0) is 68.4 Å². The second-order valence-corrected chi connectivity index (χ2v) is 10.6. The fraction of sp³-hybridized carbons (Fsp3) is 0.533. The summed E-state index contributed by atoms with van der Waals surface area (Å²) >= 11 is 0. The minimum atomic E-state index is -0.610. The van der Waals surface area contributed by atoms with Crippen molar-refractivity contribution in [3.05, 3.63) is 59.2 Å². The number of aryl methyl sites for hydroxylation is 1. The van der Waals surface area contributed by atoms with E-state index in [1.165, 1.54) is 17.7 Å². The van der Waals surface area contributed by atoms with Gasteiger partial charge in [-0.3, -0.25) is 9.59 Å². The average molecular weight is 490 g/mol. The minimum absolute atomic E-state index is 0.0335. The Kier molecular flexibility index (Phi) is 7.61. The van der Waals surface area contributed by atoms with Crippen LogP contribution in [-0.2, 0) is 20.7 Å². The van der Waals surface area contributed by atoms with E-state index in [2.05, 4.69) is 28.4 Å². The molecule has 2 aliphatic heterocycles.